The Balaban J connectivity index is 2.33. The maximum atomic E-state index is 9.22. The van der Waals surface area contributed by atoms with Gasteiger partial charge in [0, 0.05) is 17.0 Å². The van der Waals surface area contributed by atoms with Gasteiger partial charge in [0.25, 0.3) is 0 Å². The molecule has 92 valence electrons. The van der Waals surface area contributed by atoms with Gasteiger partial charge in [-0.25, -0.2) is 0 Å². The van der Waals surface area contributed by atoms with Gasteiger partial charge in [0.1, 0.15) is 11.0 Å². The summed E-state index contributed by atoms with van der Waals surface area (Å²) < 4.78 is 5.54. The molecule has 1 aromatic carbocycles. The largest absolute Gasteiger partial charge is 0.364 e. The van der Waals surface area contributed by atoms with Gasteiger partial charge in [-0.15, -0.1) is 0 Å². The van der Waals surface area contributed by atoms with Gasteiger partial charge in [-0.05, 0) is 12.5 Å². The lowest BCUT2D eigenvalue weighted by Crippen LogP contribution is -2.24. The van der Waals surface area contributed by atoms with E-state index in [4.69, 9.17) is 16.3 Å². The summed E-state index contributed by atoms with van der Waals surface area (Å²) in [6.45, 7) is 2.36. The highest BCUT2D eigenvalue weighted by Gasteiger charge is 2.53. The van der Waals surface area contributed by atoms with Crippen LogP contribution in [-0.4, -0.2) is 6.61 Å². The van der Waals surface area contributed by atoms with Crippen molar-refractivity contribution in [3.05, 3.63) is 34.9 Å². The Bertz CT molecular complexity index is 523. The molecule has 0 spiro atoms. The molecule has 2 rings (SSSR count). The van der Waals surface area contributed by atoms with E-state index in [1.807, 2.05) is 25.1 Å². The van der Waals surface area contributed by atoms with Crippen molar-refractivity contribution in [2.24, 2.45) is 5.41 Å². The van der Waals surface area contributed by atoms with Crippen LogP contribution in [0.3, 0.4) is 0 Å². The van der Waals surface area contributed by atoms with Crippen LogP contribution in [0, 0.1) is 28.1 Å². The Kier molecular flexibility index (Phi) is 3.30. The molecule has 1 aliphatic rings. The molecule has 0 aromatic heterocycles. The predicted molar refractivity (Wildman–Crippen MR) is 67.6 cm³/mol. The summed E-state index contributed by atoms with van der Waals surface area (Å²) in [6, 6.07) is 11.7. The molecule has 0 N–H and O–H groups in total. The topological polar surface area (TPSA) is 60.1 Å². The van der Waals surface area contributed by atoms with Gasteiger partial charge in [0.2, 0.25) is 0 Å². The summed E-state index contributed by atoms with van der Waals surface area (Å²) in [6.07, 6.45) is 0.850. The van der Waals surface area contributed by atoms with E-state index in [1.165, 1.54) is 0 Å². The van der Waals surface area contributed by atoms with Crippen molar-refractivity contribution in [3.63, 3.8) is 0 Å². The Morgan fingerprint density at radius 1 is 1.39 bits per heavy atom. The summed E-state index contributed by atoms with van der Waals surface area (Å²) in [5.74, 6) is 0. The zero-order chi connectivity index (χ0) is 13.2. The van der Waals surface area contributed by atoms with E-state index in [0.29, 0.717) is 24.5 Å². The standard InChI is InChI=1S/C14H13ClN2O/c1-2-13(8-16,9-17)7-14(10-18-14)11-5-3-4-6-12(11)15/h3-6H,2,7,10H2,1H3. The van der Waals surface area contributed by atoms with Crippen molar-refractivity contribution in [2.45, 2.75) is 25.4 Å². The quantitative estimate of drug-likeness (QED) is 0.780. The van der Waals surface area contributed by atoms with E-state index in [1.54, 1.807) is 6.07 Å². The van der Waals surface area contributed by atoms with Crippen molar-refractivity contribution in [3.8, 4) is 12.1 Å². The van der Waals surface area contributed by atoms with Gasteiger partial charge in [-0.3, -0.25) is 0 Å². The Morgan fingerprint density at radius 3 is 2.44 bits per heavy atom. The number of nitriles is 2. The highest BCUT2D eigenvalue weighted by molar-refractivity contribution is 6.31. The lowest BCUT2D eigenvalue weighted by atomic mass is 9.77. The van der Waals surface area contributed by atoms with Gasteiger partial charge >= 0.3 is 0 Å². The van der Waals surface area contributed by atoms with Crippen molar-refractivity contribution >= 4 is 11.6 Å². The average molecular weight is 261 g/mol. The SMILES string of the molecule is CCC(C#N)(C#N)CC1(c2ccccc2Cl)CO1. The van der Waals surface area contributed by atoms with Gasteiger partial charge in [-0.2, -0.15) is 10.5 Å². The minimum Gasteiger partial charge on any atom is -0.364 e. The molecule has 1 heterocycles. The number of hydrogen-bond donors (Lipinski definition) is 0. The Morgan fingerprint density at radius 2 is 2.00 bits per heavy atom. The second-order valence-electron chi connectivity index (χ2n) is 4.60. The second kappa shape index (κ2) is 4.61. The first kappa shape index (κ1) is 12.9. The van der Waals surface area contributed by atoms with E-state index >= 15 is 0 Å². The minimum absolute atomic E-state index is 0.368. The first-order valence-corrected chi connectivity index (χ1v) is 6.21. The molecule has 18 heavy (non-hydrogen) atoms. The van der Waals surface area contributed by atoms with Crippen LogP contribution in [0.5, 0.6) is 0 Å². The molecule has 0 amide bonds. The summed E-state index contributed by atoms with van der Waals surface area (Å²) >= 11 is 6.16. The van der Waals surface area contributed by atoms with Crippen LogP contribution in [0.25, 0.3) is 0 Å². The molecular formula is C14H13ClN2O. The molecule has 1 saturated heterocycles. The number of ether oxygens (including phenoxy) is 1. The maximum Gasteiger partial charge on any atom is 0.146 e. The smallest absolute Gasteiger partial charge is 0.146 e. The van der Waals surface area contributed by atoms with Crippen molar-refractivity contribution in [1.82, 2.24) is 0 Å². The summed E-state index contributed by atoms with van der Waals surface area (Å²) in [7, 11) is 0. The fraction of sp³-hybridized carbons (Fsp3) is 0.429. The molecular weight excluding hydrogens is 248 g/mol. The summed E-state index contributed by atoms with van der Waals surface area (Å²) in [5.41, 5.74) is -0.690. The highest BCUT2D eigenvalue weighted by Crippen LogP contribution is 2.50. The number of epoxide rings is 1. The number of hydrogen-bond acceptors (Lipinski definition) is 3. The Labute approximate surface area is 112 Å². The zero-order valence-corrected chi connectivity index (χ0v) is 10.9. The van der Waals surface area contributed by atoms with Crippen LogP contribution in [0.1, 0.15) is 25.3 Å². The third-order valence-electron chi connectivity index (χ3n) is 3.48. The van der Waals surface area contributed by atoms with Crippen LogP contribution in [0.2, 0.25) is 5.02 Å². The van der Waals surface area contributed by atoms with Crippen LogP contribution in [-0.2, 0) is 10.3 Å². The van der Waals surface area contributed by atoms with Gasteiger partial charge < -0.3 is 4.74 Å². The second-order valence-corrected chi connectivity index (χ2v) is 5.01. The van der Waals surface area contributed by atoms with Crippen LogP contribution in [0.4, 0.5) is 0 Å². The van der Waals surface area contributed by atoms with E-state index in [0.717, 1.165) is 5.56 Å². The average Bonchev–Trinajstić information content (AvgIpc) is 3.17. The van der Waals surface area contributed by atoms with Crippen molar-refractivity contribution in [1.29, 1.82) is 10.5 Å². The number of halogens is 1. The van der Waals surface area contributed by atoms with E-state index < -0.39 is 11.0 Å². The third kappa shape index (κ3) is 2.08. The fourth-order valence-corrected chi connectivity index (χ4v) is 2.45. The van der Waals surface area contributed by atoms with Crippen LogP contribution in [0.15, 0.2) is 24.3 Å². The third-order valence-corrected chi connectivity index (χ3v) is 3.81. The van der Waals surface area contributed by atoms with E-state index in [9.17, 15) is 10.5 Å². The molecule has 1 unspecified atom stereocenters. The van der Waals surface area contributed by atoms with E-state index in [2.05, 4.69) is 12.1 Å². The molecule has 0 radical (unpaired) electrons. The summed E-state index contributed by atoms with van der Waals surface area (Å²) in [5, 5.41) is 19.1. The lowest BCUT2D eigenvalue weighted by molar-refractivity contribution is 0.244. The number of rotatable bonds is 4. The van der Waals surface area contributed by atoms with Gasteiger partial charge in [-0.1, -0.05) is 36.7 Å². The number of benzene rings is 1. The first-order chi connectivity index (χ1) is 8.61. The number of nitrogens with zero attached hydrogens (tertiary/aromatic N) is 2. The predicted octanol–water partition coefficient (Wildman–Crippen LogP) is 3.40. The lowest BCUT2D eigenvalue weighted by Gasteiger charge is -2.22. The molecule has 1 atom stereocenters. The minimum atomic E-state index is -1.00. The van der Waals surface area contributed by atoms with Crippen molar-refractivity contribution < 1.29 is 4.74 Å². The molecule has 1 aromatic rings. The maximum absolute atomic E-state index is 9.22. The molecule has 0 aliphatic carbocycles. The van der Waals surface area contributed by atoms with Crippen LogP contribution >= 0.6 is 11.6 Å². The molecule has 1 aliphatic heterocycles. The zero-order valence-electron chi connectivity index (χ0n) is 10.1. The molecule has 0 bridgehead atoms. The fourth-order valence-electron chi connectivity index (χ4n) is 2.15. The molecule has 0 saturated carbocycles. The summed E-state index contributed by atoms with van der Waals surface area (Å²) in [4.78, 5) is 0. The molecule has 4 heteroatoms. The molecule has 1 fully saturated rings. The van der Waals surface area contributed by atoms with E-state index in [-0.39, 0.29) is 0 Å². The van der Waals surface area contributed by atoms with Crippen LogP contribution < -0.4 is 0 Å². The molecule has 3 nitrogen and oxygen atoms in total. The first-order valence-electron chi connectivity index (χ1n) is 5.83. The Hall–Kier alpha value is -1.55. The highest BCUT2D eigenvalue weighted by atomic mass is 35.5. The normalized spacial score (nSPS) is 22.0. The van der Waals surface area contributed by atoms with Gasteiger partial charge in [0.15, 0.2) is 0 Å². The van der Waals surface area contributed by atoms with Crippen molar-refractivity contribution in [2.75, 3.05) is 6.61 Å². The monoisotopic (exact) mass is 260 g/mol. The van der Waals surface area contributed by atoms with Gasteiger partial charge in [0.05, 0.1) is 18.7 Å².